The first-order valence-corrected chi connectivity index (χ1v) is 24.3. The third kappa shape index (κ3) is 3.05. The van der Waals surface area contributed by atoms with Crippen LogP contribution in [0.2, 0.25) is 42.3 Å². The van der Waals surface area contributed by atoms with Crippen molar-refractivity contribution in [3.63, 3.8) is 0 Å². The highest BCUT2D eigenvalue weighted by Gasteiger charge is 2.81. The van der Waals surface area contributed by atoms with Gasteiger partial charge < -0.3 is 8.85 Å². The summed E-state index contributed by atoms with van der Waals surface area (Å²) in [7, 11) is -7.82. The fourth-order valence-corrected chi connectivity index (χ4v) is 98.4. The molecule has 0 aromatic heterocycles. The highest BCUT2D eigenvalue weighted by Crippen LogP contribution is 2.59. The molecule has 7 heteroatoms. The number of hydrogen-bond acceptors (Lipinski definition) is 3. The van der Waals surface area contributed by atoms with E-state index in [0.717, 1.165) is 18.9 Å². The van der Waals surface area contributed by atoms with E-state index in [9.17, 15) is 4.79 Å². The van der Waals surface area contributed by atoms with Crippen molar-refractivity contribution in [2.45, 2.75) is 130 Å². The zero-order valence-corrected chi connectivity index (χ0v) is 24.6. The molecule has 1 fully saturated rings. The Bertz CT molecular complexity index is 524. The number of carbonyl (C=O) groups is 1. The average Bonchev–Trinajstić information content (AvgIpc) is 2.72. The fourth-order valence-electron chi connectivity index (χ4n) is 8.09. The van der Waals surface area contributed by atoms with Gasteiger partial charge in [-0.15, -0.1) is 0 Å². The van der Waals surface area contributed by atoms with Gasteiger partial charge in [0.05, 0.1) is 19.4 Å². The SMILES string of the molecule is CCC1(CC)O[Si](CC)(CC)[Si](CC)(CC)[Si](CC)(CC)[Si]1(CC)OC(C)=O. The third-order valence-electron chi connectivity index (χ3n) is 9.20. The van der Waals surface area contributed by atoms with Gasteiger partial charge in [0, 0.05) is 6.92 Å². The third-order valence-corrected chi connectivity index (χ3v) is 73.9. The van der Waals surface area contributed by atoms with Crippen LogP contribution in [0.15, 0.2) is 0 Å². The van der Waals surface area contributed by atoms with E-state index in [2.05, 4.69) is 62.3 Å². The summed E-state index contributed by atoms with van der Waals surface area (Å²) in [6.45, 7) is 23.4. The van der Waals surface area contributed by atoms with Crippen molar-refractivity contribution in [1.82, 2.24) is 0 Å². The van der Waals surface area contributed by atoms with E-state index in [1.807, 2.05) is 0 Å². The summed E-state index contributed by atoms with van der Waals surface area (Å²) in [5, 5.41) is -0.162. The van der Waals surface area contributed by atoms with Crippen molar-refractivity contribution < 1.29 is 13.6 Å². The van der Waals surface area contributed by atoms with Gasteiger partial charge in [-0.25, -0.2) is 0 Å². The number of hydrogen-bond donors (Lipinski definition) is 0. The van der Waals surface area contributed by atoms with Crippen LogP contribution in [0.3, 0.4) is 0 Å². The van der Waals surface area contributed by atoms with Gasteiger partial charge in [0.1, 0.15) is 0 Å². The second kappa shape index (κ2) is 9.62. The highest BCUT2D eigenvalue weighted by molar-refractivity contribution is 7.84. The van der Waals surface area contributed by atoms with E-state index < -0.39 is 29.9 Å². The summed E-state index contributed by atoms with van der Waals surface area (Å²) < 4.78 is 14.4. The maximum atomic E-state index is 12.6. The van der Waals surface area contributed by atoms with E-state index in [4.69, 9.17) is 8.85 Å². The van der Waals surface area contributed by atoms with Crippen molar-refractivity contribution in [2.24, 2.45) is 0 Å². The molecule has 1 aliphatic heterocycles. The van der Waals surface area contributed by atoms with Gasteiger partial charge >= 0.3 is 0 Å². The Hall–Kier alpha value is 0.298. The fraction of sp³-hybridized carbons (Fsp3) is 0.952. The smallest absolute Gasteiger partial charge is 0.289 e. The van der Waals surface area contributed by atoms with E-state index in [1.165, 1.54) is 36.3 Å². The lowest BCUT2D eigenvalue weighted by atomic mass is 10.2. The molecule has 0 N–H and O–H groups in total. The van der Waals surface area contributed by atoms with Gasteiger partial charge in [0.25, 0.3) is 13.8 Å². The van der Waals surface area contributed by atoms with Crippen LogP contribution in [-0.4, -0.2) is 41.1 Å². The Morgan fingerprint density at radius 2 is 1.14 bits per heavy atom. The van der Waals surface area contributed by atoms with Crippen LogP contribution < -0.4 is 0 Å². The Morgan fingerprint density at radius 1 is 0.714 bits per heavy atom. The predicted molar refractivity (Wildman–Crippen MR) is 133 cm³/mol. The first kappa shape index (κ1) is 26.3. The summed E-state index contributed by atoms with van der Waals surface area (Å²) in [4.78, 5) is 12.6. The molecule has 3 nitrogen and oxygen atoms in total. The van der Waals surface area contributed by atoms with E-state index in [1.54, 1.807) is 6.92 Å². The molecule has 1 rings (SSSR count). The van der Waals surface area contributed by atoms with Gasteiger partial charge in [-0.05, 0) is 31.0 Å². The molecule has 1 aliphatic rings. The summed E-state index contributed by atoms with van der Waals surface area (Å²) >= 11 is 0. The van der Waals surface area contributed by atoms with Crippen LogP contribution in [0.1, 0.15) is 82.1 Å². The second-order valence-corrected chi connectivity index (χ2v) is 42.7. The van der Waals surface area contributed by atoms with E-state index in [-0.39, 0.29) is 11.2 Å². The normalized spacial score (nSPS) is 27.4. The van der Waals surface area contributed by atoms with Gasteiger partial charge in [-0.1, -0.05) is 86.5 Å². The molecule has 0 aliphatic carbocycles. The Kier molecular flexibility index (Phi) is 9.05. The number of carbonyl (C=O) groups excluding carboxylic acids is 1. The second-order valence-electron chi connectivity index (χ2n) is 8.86. The Morgan fingerprint density at radius 3 is 1.39 bits per heavy atom. The molecule has 1 saturated heterocycles. The minimum absolute atomic E-state index is 0.0422. The molecular formula is C21H48O3Si4. The Balaban J connectivity index is 4.18. The lowest BCUT2D eigenvalue weighted by Gasteiger charge is -2.71. The first-order valence-electron chi connectivity index (χ1n) is 12.1. The number of rotatable bonds is 10. The average molecular weight is 461 g/mol. The minimum atomic E-state index is -2.41. The summed E-state index contributed by atoms with van der Waals surface area (Å²) in [6, 6.07) is 8.82. The van der Waals surface area contributed by atoms with Crippen molar-refractivity contribution in [1.29, 1.82) is 0 Å². The zero-order chi connectivity index (χ0) is 21.9. The molecule has 1 atom stereocenters. The Labute approximate surface area is 179 Å². The maximum Gasteiger partial charge on any atom is 0.289 e. The molecule has 28 heavy (non-hydrogen) atoms. The highest BCUT2D eigenvalue weighted by atomic mass is 29.8. The largest absolute Gasteiger partial charge is 0.520 e. The molecule has 1 heterocycles. The first-order chi connectivity index (χ1) is 13.2. The summed E-state index contributed by atoms with van der Waals surface area (Å²) in [5.41, 5.74) is 0. The summed E-state index contributed by atoms with van der Waals surface area (Å²) in [5.74, 6) is -0.0422. The topological polar surface area (TPSA) is 35.5 Å². The molecule has 0 spiro atoms. The van der Waals surface area contributed by atoms with Crippen LogP contribution in [0.25, 0.3) is 0 Å². The molecule has 0 aromatic carbocycles. The van der Waals surface area contributed by atoms with E-state index in [0.29, 0.717) is 0 Å². The quantitative estimate of drug-likeness (QED) is 0.335. The molecule has 0 saturated carbocycles. The predicted octanol–water partition coefficient (Wildman–Crippen LogP) is 6.84. The molecule has 1 unspecified atom stereocenters. The van der Waals surface area contributed by atoms with Crippen LogP contribution in [0.4, 0.5) is 0 Å². The molecule has 0 aromatic rings. The van der Waals surface area contributed by atoms with Gasteiger partial charge in [0.2, 0.25) is 0 Å². The lowest BCUT2D eigenvalue weighted by molar-refractivity contribution is -0.133. The van der Waals surface area contributed by atoms with Crippen molar-refractivity contribution >= 4 is 35.9 Å². The summed E-state index contributed by atoms with van der Waals surface area (Å²) in [6.07, 6.45) is 2.02. The van der Waals surface area contributed by atoms with Crippen molar-refractivity contribution in [3.05, 3.63) is 0 Å². The van der Waals surface area contributed by atoms with Crippen LogP contribution in [-0.2, 0) is 13.6 Å². The monoisotopic (exact) mass is 460 g/mol. The van der Waals surface area contributed by atoms with Gasteiger partial charge in [0.15, 0.2) is 7.83 Å². The lowest BCUT2D eigenvalue weighted by Crippen LogP contribution is -2.96. The van der Waals surface area contributed by atoms with Crippen molar-refractivity contribution in [3.8, 4) is 0 Å². The van der Waals surface area contributed by atoms with Crippen LogP contribution >= 0.6 is 0 Å². The standard InChI is InChI=1S/C21H48O3Si4/c1-11-21(12-2)24-25(13-3,14-4)26(15-5,16-6)27(17-7,18-8)28(21,19-9)23-20(10)22/h11-19H2,1-10H3. The van der Waals surface area contributed by atoms with Gasteiger partial charge in [-0.2, -0.15) is 0 Å². The molecule has 0 bridgehead atoms. The zero-order valence-electron chi connectivity index (χ0n) is 20.6. The molecule has 0 radical (unpaired) electrons. The van der Waals surface area contributed by atoms with E-state index >= 15 is 0 Å². The van der Waals surface area contributed by atoms with Crippen molar-refractivity contribution in [2.75, 3.05) is 0 Å². The molecule has 166 valence electrons. The molecular weight excluding hydrogens is 413 g/mol. The minimum Gasteiger partial charge on any atom is -0.520 e. The van der Waals surface area contributed by atoms with Gasteiger partial charge in [-0.3, -0.25) is 4.79 Å². The maximum absolute atomic E-state index is 12.6. The van der Waals surface area contributed by atoms with Crippen LogP contribution in [0, 0.1) is 0 Å². The molecule has 0 amide bonds. The van der Waals surface area contributed by atoms with Crippen LogP contribution in [0.5, 0.6) is 0 Å².